The van der Waals surface area contributed by atoms with Crippen molar-refractivity contribution in [2.75, 3.05) is 0 Å². The smallest absolute Gasteiger partial charge is 0.520 e. The van der Waals surface area contributed by atoms with Crippen LogP contribution in [0.2, 0.25) is 0 Å². The van der Waals surface area contributed by atoms with E-state index in [0.29, 0.717) is 0 Å². The normalized spacial score (nSPS) is 11.9. The molecule has 3 nitrogen and oxygen atoms in total. The van der Waals surface area contributed by atoms with Crippen LogP contribution in [0.3, 0.4) is 0 Å². The molecule has 0 saturated heterocycles. The van der Waals surface area contributed by atoms with Gasteiger partial charge >= 0.3 is 7.12 Å². The minimum absolute atomic E-state index is 0. The van der Waals surface area contributed by atoms with Gasteiger partial charge in [0.05, 0.1) is 0 Å². The molecule has 0 saturated carbocycles. The Morgan fingerprint density at radius 1 is 0.909 bits per heavy atom. The molecule has 1 radical (unpaired) electrons. The zero-order valence-electron chi connectivity index (χ0n) is 11.5. The van der Waals surface area contributed by atoms with Crippen LogP contribution in [0.25, 0.3) is 11.3 Å². The van der Waals surface area contributed by atoms with Gasteiger partial charge in [-0.15, -0.1) is 29.8 Å². The van der Waals surface area contributed by atoms with Crippen LogP contribution in [0, 0.1) is 6.07 Å². The first kappa shape index (κ1) is 14.8. The molecule has 3 aromatic rings. The molecular weight excluding hydrogens is 453 g/mol. The summed E-state index contributed by atoms with van der Waals surface area (Å²) in [6, 6.07) is 22.5. The first-order chi connectivity index (χ1) is 10.4. The van der Waals surface area contributed by atoms with Crippen molar-refractivity contribution in [2.24, 2.45) is 0 Å². The molecule has 5 heteroatoms. The number of nitrogens with zero attached hydrogens (tertiary/aromatic N) is 1. The van der Waals surface area contributed by atoms with Crippen molar-refractivity contribution >= 4 is 12.6 Å². The number of hydrogen-bond donors (Lipinski definition) is 0. The number of benzene rings is 2. The van der Waals surface area contributed by atoms with Gasteiger partial charge in [-0.1, -0.05) is 29.7 Å². The molecule has 1 aliphatic rings. The van der Waals surface area contributed by atoms with E-state index in [4.69, 9.17) is 9.31 Å². The minimum atomic E-state index is -0.417. The van der Waals surface area contributed by atoms with Crippen LogP contribution in [0.4, 0.5) is 0 Å². The molecule has 2 aromatic carbocycles. The molecule has 0 atom stereocenters. The molecule has 0 bridgehead atoms. The number of rotatable bonds is 2. The van der Waals surface area contributed by atoms with Crippen LogP contribution < -0.4 is 14.8 Å². The number of fused-ring (bicyclic) bond motifs is 1. The fourth-order valence-corrected chi connectivity index (χ4v) is 2.34. The van der Waals surface area contributed by atoms with Crippen LogP contribution in [0.5, 0.6) is 11.5 Å². The van der Waals surface area contributed by atoms with Gasteiger partial charge in [-0.05, 0) is 23.9 Å². The SMILES string of the molecule is [Ir].[c-]1ccc(B2Oc3ccccc3O2)cc1-c1ccccn1. The summed E-state index contributed by atoms with van der Waals surface area (Å²) in [5.74, 6) is 1.55. The standard InChI is InChI=1S/C17H11BNO2.Ir/c1-2-10-17-16(9-1)20-18(21-17)14-7-5-6-13(12-14)15-8-3-4-11-19-15;/h1-5,7-12H;/q-1;. The average Bonchev–Trinajstić information content (AvgIpc) is 3.00. The fourth-order valence-electron chi connectivity index (χ4n) is 2.34. The Morgan fingerprint density at radius 3 is 2.32 bits per heavy atom. The molecule has 0 amide bonds. The molecule has 109 valence electrons. The third kappa shape index (κ3) is 2.78. The second kappa shape index (κ2) is 6.35. The minimum Gasteiger partial charge on any atom is -0.520 e. The van der Waals surface area contributed by atoms with Crippen molar-refractivity contribution in [3.05, 3.63) is 72.9 Å². The number of pyridine rings is 1. The predicted molar refractivity (Wildman–Crippen MR) is 81.6 cm³/mol. The van der Waals surface area contributed by atoms with E-state index in [-0.39, 0.29) is 20.1 Å². The molecule has 0 N–H and O–H groups in total. The van der Waals surface area contributed by atoms with Crippen molar-refractivity contribution in [3.63, 3.8) is 0 Å². The second-order valence-corrected chi connectivity index (χ2v) is 4.77. The van der Waals surface area contributed by atoms with Crippen LogP contribution >= 0.6 is 0 Å². The van der Waals surface area contributed by atoms with Crippen molar-refractivity contribution < 1.29 is 29.4 Å². The van der Waals surface area contributed by atoms with E-state index < -0.39 is 7.12 Å². The van der Waals surface area contributed by atoms with Gasteiger partial charge in [0, 0.05) is 26.3 Å². The molecule has 2 heterocycles. The largest absolute Gasteiger partial charge is 0.613 e. The van der Waals surface area contributed by atoms with E-state index in [1.165, 1.54) is 0 Å². The summed E-state index contributed by atoms with van der Waals surface area (Å²) < 4.78 is 11.7. The Balaban J connectivity index is 0.00000144. The summed E-state index contributed by atoms with van der Waals surface area (Å²) in [5.41, 5.74) is 2.76. The van der Waals surface area contributed by atoms with E-state index in [9.17, 15) is 0 Å². The van der Waals surface area contributed by atoms with Gasteiger partial charge < -0.3 is 14.3 Å². The quantitative estimate of drug-likeness (QED) is 0.432. The summed E-state index contributed by atoms with van der Waals surface area (Å²) in [6.07, 6.45) is 1.77. The van der Waals surface area contributed by atoms with Gasteiger partial charge in [0.1, 0.15) is 11.5 Å². The first-order valence-electron chi connectivity index (χ1n) is 6.75. The number of para-hydroxylation sites is 2. The van der Waals surface area contributed by atoms with Gasteiger partial charge in [0.25, 0.3) is 0 Å². The monoisotopic (exact) mass is 465 g/mol. The summed E-state index contributed by atoms with van der Waals surface area (Å²) >= 11 is 0. The van der Waals surface area contributed by atoms with Crippen molar-refractivity contribution in [1.29, 1.82) is 0 Å². The molecule has 0 fully saturated rings. The van der Waals surface area contributed by atoms with Gasteiger partial charge in [0.2, 0.25) is 0 Å². The van der Waals surface area contributed by atoms with E-state index in [1.54, 1.807) is 6.20 Å². The zero-order valence-corrected chi connectivity index (χ0v) is 13.9. The van der Waals surface area contributed by atoms with E-state index in [2.05, 4.69) is 11.1 Å². The van der Waals surface area contributed by atoms with Crippen LogP contribution in [-0.2, 0) is 20.1 Å². The molecule has 1 aliphatic heterocycles. The number of aromatic nitrogens is 1. The molecule has 0 spiro atoms. The molecular formula is C17H11BIrNO2-. The topological polar surface area (TPSA) is 31.4 Å². The summed E-state index contributed by atoms with van der Waals surface area (Å²) in [5, 5.41) is 0. The zero-order chi connectivity index (χ0) is 14.1. The first-order valence-corrected chi connectivity index (χ1v) is 6.75. The Hall–Kier alpha value is -2.10. The Kier molecular flexibility index (Phi) is 4.28. The molecule has 22 heavy (non-hydrogen) atoms. The Morgan fingerprint density at radius 2 is 1.64 bits per heavy atom. The van der Waals surface area contributed by atoms with Crippen molar-refractivity contribution in [1.82, 2.24) is 4.98 Å². The van der Waals surface area contributed by atoms with Gasteiger partial charge in [-0.3, -0.25) is 0 Å². The van der Waals surface area contributed by atoms with Crippen LogP contribution in [0.1, 0.15) is 0 Å². The van der Waals surface area contributed by atoms with Gasteiger partial charge in [-0.25, -0.2) is 0 Å². The number of hydrogen-bond acceptors (Lipinski definition) is 3. The van der Waals surface area contributed by atoms with E-state index in [1.807, 2.05) is 60.7 Å². The third-order valence-electron chi connectivity index (χ3n) is 3.36. The van der Waals surface area contributed by atoms with Crippen molar-refractivity contribution in [2.45, 2.75) is 0 Å². The van der Waals surface area contributed by atoms with Gasteiger partial charge in [-0.2, -0.15) is 0 Å². The predicted octanol–water partition coefficient (Wildman–Crippen LogP) is 2.71. The molecule has 0 unspecified atom stereocenters. The third-order valence-corrected chi connectivity index (χ3v) is 3.36. The molecule has 1 aromatic heterocycles. The summed E-state index contributed by atoms with van der Waals surface area (Å²) in [7, 11) is -0.417. The maximum atomic E-state index is 5.83. The second-order valence-electron chi connectivity index (χ2n) is 4.77. The average molecular weight is 464 g/mol. The fraction of sp³-hybridized carbons (Fsp3) is 0. The Labute approximate surface area is 142 Å². The van der Waals surface area contributed by atoms with Gasteiger partial charge in [0.15, 0.2) is 0 Å². The van der Waals surface area contributed by atoms with Crippen LogP contribution in [-0.4, -0.2) is 12.1 Å². The molecule has 0 aliphatic carbocycles. The maximum Gasteiger partial charge on any atom is 0.613 e. The van der Waals surface area contributed by atoms with Crippen molar-refractivity contribution in [3.8, 4) is 22.8 Å². The maximum absolute atomic E-state index is 5.83. The van der Waals surface area contributed by atoms with E-state index >= 15 is 0 Å². The Bertz CT molecular complexity index is 757. The summed E-state index contributed by atoms with van der Waals surface area (Å²) in [6.45, 7) is 0. The van der Waals surface area contributed by atoms with E-state index in [0.717, 1.165) is 28.2 Å². The summed E-state index contributed by atoms with van der Waals surface area (Å²) in [4.78, 5) is 4.34. The van der Waals surface area contributed by atoms with Crippen LogP contribution in [0.15, 0.2) is 66.9 Å². The molecule has 4 rings (SSSR count).